The smallest absolute Gasteiger partial charge is 0.341 e. The van der Waals surface area contributed by atoms with Gasteiger partial charge in [-0.3, -0.25) is 4.79 Å². The van der Waals surface area contributed by atoms with Crippen molar-refractivity contribution in [3.63, 3.8) is 0 Å². The second kappa shape index (κ2) is 8.79. The molecule has 0 saturated heterocycles. The number of fused-ring (bicyclic) bond motifs is 2. The quantitative estimate of drug-likeness (QED) is 0.371. The second-order valence-corrected chi connectivity index (χ2v) is 9.24. The molecule has 1 aliphatic carbocycles. The standard InChI is InChI=1S/C27H24N2O3S/c1-3-16-11-13-17(14-12-16)22-15-20(18-7-4-5-9-21(18)28-22)25(30)29-26-24(27(31)32-2)19-8-6-10-23(19)33-26/h4-5,7,9,11-15H,3,6,8,10H2,1-2H3,(H,29,30). The van der Waals surface area contributed by atoms with Crippen molar-refractivity contribution in [2.75, 3.05) is 12.4 Å². The lowest BCUT2D eigenvalue weighted by atomic mass is 10.0. The molecule has 6 heteroatoms. The summed E-state index contributed by atoms with van der Waals surface area (Å²) in [6, 6.07) is 17.7. The lowest BCUT2D eigenvalue weighted by molar-refractivity contribution is 0.0601. The molecule has 0 atom stereocenters. The Kier molecular flexibility index (Phi) is 5.68. The second-order valence-electron chi connectivity index (χ2n) is 8.13. The molecular formula is C27H24N2O3S. The fraction of sp³-hybridized carbons (Fsp3) is 0.222. The molecule has 4 aromatic rings. The zero-order valence-electron chi connectivity index (χ0n) is 18.6. The van der Waals surface area contributed by atoms with Crippen molar-refractivity contribution in [1.29, 1.82) is 0 Å². The molecule has 5 rings (SSSR count). The van der Waals surface area contributed by atoms with E-state index in [-0.39, 0.29) is 5.91 Å². The highest BCUT2D eigenvalue weighted by molar-refractivity contribution is 7.17. The molecule has 33 heavy (non-hydrogen) atoms. The number of hydrogen-bond acceptors (Lipinski definition) is 5. The molecule has 2 heterocycles. The van der Waals surface area contributed by atoms with E-state index in [9.17, 15) is 9.59 Å². The van der Waals surface area contributed by atoms with Gasteiger partial charge in [-0.1, -0.05) is 49.4 Å². The normalized spacial score (nSPS) is 12.5. The van der Waals surface area contributed by atoms with Gasteiger partial charge < -0.3 is 10.1 Å². The first-order valence-corrected chi connectivity index (χ1v) is 11.9. The highest BCUT2D eigenvalue weighted by Crippen LogP contribution is 2.40. The number of nitrogens with zero attached hydrogens (tertiary/aromatic N) is 1. The van der Waals surface area contributed by atoms with Gasteiger partial charge in [0.25, 0.3) is 5.91 Å². The number of rotatable bonds is 5. The fourth-order valence-electron chi connectivity index (χ4n) is 4.40. The molecule has 0 aliphatic heterocycles. The summed E-state index contributed by atoms with van der Waals surface area (Å²) in [7, 11) is 1.37. The minimum Gasteiger partial charge on any atom is -0.465 e. The van der Waals surface area contributed by atoms with Gasteiger partial charge in [0.1, 0.15) is 5.00 Å². The number of esters is 1. The third-order valence-electron chi connectivity index (χ3n) is 6.16. The van der Waals surface area contributed by atoms with Crippen LogP contribution in [0.4, 0.5) is 5.00 Å². The van der Waals surface area contributed by atoms with Crippen molar-refractivity contribution in [3.8, 4) is 11.3 Å². The lowest BCUT2D eigenvalue weighted by Gasteiger charge is -2.11. The Hall–Kier alpha value is -3.51. The molecule has 0 radical (unpaired) electrons. The van der Waals surface area contributed by atoms with Crippen LogP contribution in [0.3, 0.4) is 0 Å². The van der Waals surface area contributed by atoms with E-state index in [4.69, 9.17) is 9.72 Å². The topological polar surface area (TPSA) is 68.3 Å². The molecule has 5 nitrogen and oxygen atoms in total. The van der Waals surface area contributed by atoms with Gasteiger partial charge in [-0.2, -0.15) is 0 Å². The number of anilines is 1. The van der Waals surface area contributed by atoms with Crippen molar-refractivity contribution in [3.05, 3.63) is 81.7 Å². The van der Waals surface area contributed by atoms with Gasteiger partial charge in [-0.05, 0) is 48.9 Å². The van der Waals surface area contributed by atoms with Gasteiger partial charge >= 0.3 is 5.97 Å². The van der Waals surface area contributed by atoms with Gasteiger partial charge in [0, 0.05) is 15.8 Å². The number of ether oxygens (including phenoxy) is 1. The van der Waals surface area contributed by atoms with Crippen LogP contribution < -0.4 is 5.32 Å². The summed E-state index contributed by atoms with van der Waals surface area (Å²) in [5.74, 6) is -0.661. The van der Waals surface area contributed by atoms with Crippen LogP contribution in [0.25, 0.3) is 22.2 Å². The van der Waals surface area contributed by atoms with E-state index in [1.807, 2.05) is 42.5 Å². The number of amides is 1. The first kappa shape index (κ1) is 21.3. The Morgan fingerprint density at radius 2 is 1.88 bits per heavy atom. The van der Waals surface area contributed by atoms with Crippen LogP contribution >= 0.6 is 11.3 Å². The van der Waals surface area contributed by atoms with Crippen molar-refractivity contribution in [1.82, 2.24) is 4.98 Å². The average Bonchev–Trinajstić information content (AvgIpc) is 3.43. The van der Waals surface area contributed by atoms with E-state index in [2.05, 4.69) is 24.4 Å². The fourth-order valence-corrected chi connectivity index (χ4v) is 5.68. The Morgan fingerprint density at radius 1 is 1.09 bits per heavy atom. The number of carbonyl (C=O) groups excluding carboxylic acids is 2. The third kappa shape index (κ3) is 3.91. The maximum atomic E-state index is 13.5. The molecule has 0 fully saturated rings. The lowest BCUT2D eigenvalue weighted by Crippen LogP contribution is -2.15. The van der Waals surface area contributed by atoms with Crippen LogP contribution in [-0.2, 0) is 24.0 Å². The van der Waals surface area contributed by atoms with Crippen LogP contribution in [0.15, 0.2) is 54.6 Å². The predicted octanol–water partition coefficient (Wildman–Crippen LogP) is 6.05. The number of methoxy groups -OCH3 is 1. The van der Waals surface area contributed by atoms with E-state index in [1.54, 1.807) is 0 Å². The molecule has 0 spiro atoms. The Bertz CT molecular complexity index is 1370. The van der Waals surface area contributed by atoms with Crippen molar-refractivity contribution in [2.45, 2.75) is 32.6 Å². The van der Waals surface area contributed by atoms with Crippen LogP contribution in [-0.4, -0.2) is 24.0 Å². The van der Waals surface area contributed by atoms with E-state index in [0.717, 1.165) is 58.3 Å². The van der Waals surface area contributed by atoms with Crippen LogP contribution in [0.5, 0.6) is 0 Å². The highest BCUT2D eigenvalue weighted by Gasteiger charge is 2.28. The van der Waals surface area contributed by atoms with Gasteiger partial charge in [0.2, 0.25) is 0 Å². The zero-order valence-corrected chi connectivity index (χ0v) is 19.4. The summed E-state index contributed by atoms with van der Waals surface area (Å²) in [6.45, 7) is 2.12. The molecule has 1 amide bonds. The maximum absolute atomic E-state index is 13.5. The number of thiophene rings is 1. The van der Waals surface area contributed by atoms with Gasteiger partial charge in [0.05, 0.1) is 29.4 Å². The minimum atomic E-state index is -0.402. The van der Waals surface area contributed by atoms with Crippen molar-refractivity contribution < 1.29 is 14.3 Å². The Morgan fingerprint density at radius 3 is 2.64 bits per heavy atom. The number of benzene rings is 2. The summed E-state index contributed by atoms with van der Waals surface area (Å²) >= 11 is 1.48. The minimum absolute atomic E-state index is 0.259. The summed E-state index contributed by atoms with van der Waals surface area (Å²) < 4.78 is 5.02. The molecule has 0 saturated carbocycles. The largest absolute Gasteiger partial charge is 0.465 e. The summed E-state index contributed by atoms with van der Waals surface area (Å²) in [4.78, 5) is 32.0. The van der Waals surface area contributed by atoms with Gasteiger partial charge in [0.15, 0.2) is 0 Å². The number of aryl methyl sites for hydroxylation is 2. The monoisotopic (exact) mass is 456 g/mol. The molecule has 2 aromatic carbocycles. The molecule has 166 valence electrons. The van der Waals surface area contributed by atoms with E-state index < -0.39 is 5.97 Å². The Labute approximate surface area is 196 Å². The third-order valence-corrected chi connectivity index (χ3v) is 7.36. The first-order chi connectivity index (χ1) is 16.1. The van der Waals surface area contributed by atoms with Gasteiger partial charge in [-0.15, -0.1) is 11.3 Å². The number of aromatic nitrogens is 1. The average molecular weight is 457 g/mol. The molecule has 0 unspecified atom stereocenters. The summed E-state index contributed by atoms with van der Waals surface area (Å²) in [5, 5.41) is 4.34. The molecule has 1 N–H and O–H groups in total. The van der Waals surface area contributed by atoms with Crippen LogP contribution in [0.1, 0.15) is 50.1 Å². The number of carbonyl (C=O) groups is 2. The number of hydrogen-bond donors (Lipinski definition) is 1. The SMILES string of the molecule is CCc1ccc(-c2cc(C(=O)Nc3sc4c(c3C(=O)OC)CCC4)c3ccccc3n2)cc1. The highest BCUT2D eigenvalue weighted by atomic mass is 32.1. The van der Waals surface area contributed by atoms with Gasteiger partial charge in [-0.25, -0.2) is 9.78 Å². The van der Waals surface area contributed by atoms with E-state index in [1.165, 1.54) is 24.0 Å². The van der Waals surface area contributed by atoms with Crippen LogP contribution in [0.2, 0.25) is 0 Å². The molecule has 1 aliphatic rings. The van der Waals surface area contributed by atoms with Crippen LogP contribution in [0, 0.1) is 0 Å². The first-order valence-electron chi connectivity index (χ1n) is 11.1. The molecule has 0 bridgehead atoms. The van der Waals surface area contributed by atoms with Crippen molar-refractivity contribution >= 4 is 39.1 Å². The zero-order chi connectivity index (χ0) is 22.9. The summed E-state index contributed by atoms with van der Waals surface area (Å²) in [5.41, 5.74) is 5.73. The summed E-state index contributed by atoms with van der Waals surface area (Å²) in [6.07, 6.45) is 3.75. The van der Waals surface area contributed by atoms with E-state index in [0.29, 0.717) is 16.1 Å². The number of para-hydroxylation sites is 1. The molecule has 2 aromatic heterocycles. The number of nitrogens with one attached hydrogen (secondary N) is 1. The molecular weight excluding hydrogens is 432 g/mol. The maximum Gasteiger partial charge on any atom is 0.341 e. The Balaban J connectivity index is 1.57. The van der Waals surface area contributed by atoms with Crippen molar-refractivity contribution in [2.24, 2.45) is 0 Å². The number of pyridine rings is 1. The predicted molar refractivity (Wildman–Crippen MR) is 132 cm³/mol. The van der Waals surface area contributed by atoms with E-state index >= 15 is 0 Å².